The first kappa shape index (κ1) is 10.9. The van der Waals surface area contributed by atoms with E-state index < -0.39 is 5.92 Å². The number of nitrogens with two attached hydrogens (primary N) is 1. The SMILES string of the molecule is Cc1cc(C(C)(F)F)cc(C)c1NN. The van der Waals surface area contributed by atoms with Crippen molar-refractivity contribution in [2.45, 2.75) is 26.7 Å². The van der Waals surface area contributed by atoms with Crippen LogP contribution in [0.25, 0.3) is 0 Å². The van der Waals surface area contributed by atoms with Gasteiger partial charge in [-0.15, -0.1) is 0 Å². The summed E-state index contributed by atoms with van der Waals surface area (Å²) in [7, 11) is 0. The summed E-state index contributed by atoms with van der Waals surface area (Å²) in [5, 5.41) is 0. The van der Waals surface area contributed by atoms with Crippen LogP contribution in [0, 0.1) is 13.8 Å². The van der Waals surface area contributed by atoms with E-state index in [9.17, 15) is 8.78 Å². The molecule has 0 aromatic heterocycles. The minimum Gasteiger partial charge on any atom is -0.324 e. The Morgan fingerprint density at radius 1 is 1.21 bits per heavy atom. The van der Waals surface area contributed by atoms with Crippen molar-refractivity contribution in [1.29, 1.82) is 0 Å². The lowest BCUT2D eigenvalue weighted by Gasteiger charge is -2.15. The molecule has 4 heteroatoms. The number of aryl methyl sites for hydroxylation is 2. The van der Waals surface area contributed by atoms with Crippen LogP contribution in [-0.2, 0) is 5.92 Å². The molecular formula is C10H14F2N2. The number of benzene rings is 1. The van der Waals surface area contributed by atoms with Gasteiger partial charge in [0, 0.05) is 12.5 Å². The van der Waals surface area contributed by atoms with Gasteiger partial charge in [0.15, 0.2) is 0 Å². The topological polar surface area (TPSA) is 38.0 Å². The Bertz CT molecular complexity index is 319. The van der Waals surface area contributed by atoms with Crippen molar-refractivity contribution < 1.29 is 8.78 Å². The number of nitrogens with one attached hydrogen (secondary N) is 1. The average molecular weight is 200 g/mol. The van der Waals surface area contributed by atoms with Crippen LogP contribution in [0.4, 0.5) is 14.5 Å². The number of hydrogen-bond acceptors (Lipinski definition) is 2. The van der Waals surface area contributed by atoms with Crippen LogP contribution < -0.4 is 11.3 Å². The molecule has 0 aliphatic carbocycles. The molecular weight excluding hydrogens is 186 g/mol. The van der Waals surface area contributed by atoms with Crippen LogP contribution >= 0.6 is 0 Å². The van der Waals surface area contributed by atoms with E-state index in [1.807, 2.05) is 0 Å². The van der Waals surface area contributed by atoms with E-state index in [0.29, 0.717) is 5.69 Å². The fourth-order valence-electron chi connectivity index (χ4n) is 1.44. The summed E-state index contributed by atoms with van der Waals surface area (Å²) >= 11 is 0. The molecule has 2 nitrogen and oxygen atoms in total. The smallest absolute Gasteiger partial charge is 0.270 e. The van der Waals surface area contributed by atoms with E-state index in [1.165, 1.54) is 12.1 Å². The molecule has 1 aromatic carbocycles. The molecule has 1 rings (SSSR count). The van der Waals surface area contributed by atoms with Crippen molar-refractivity contribution in [1.82, 2.24) is 0 Å². The quantitative estimate of drug-likeness (QED) is 0.569. The minimum absolute atomic E-state index is 0.0199. The second-order valence-corrected chi connectivity index (χ2v) is 3.52. The first-order valence-electron chi connectivity index (χ1n) is 4.32. The lowest BCUT2D eigenvalue weighted by Crippen LogP contribution is -2.13. The Balaban J connectivity index is 3.28. The summed E-state index contributed by atoms with van der Waals surface area (Å²) in [6.07, 6.45) is 0. The van der Waals surface area contributed by atoms with Crippen LogP contribution in [0.1, 0.15) is 23.6 Å². The van der Waals surface area contributed by atoms with Crippen LogP contribution in [0.3, 0.4) is 0 Å². The molecule has 0 bridgehead atoms. The van der Waals surface area contributed by atoms with E-state index in [-0.39, 0.29) is 5.56 Å². The molecule has 14 heavy (non-hydrogen) atoms. The Hall–Kier alpha value is -1.16. The molecule has 0 saturated carbocycles. The average Bonchev–Trinajstić information content (AvgIpc) is 2.01. The molecule has 3 N–H and O–H groups in total. The number of nitrogen functional groups attached to an aromatic ring is 1. The van der Waals surface area contributed by atoms with Crippen LogP contribution in [0.5, 0.6) is 0 Å². The van der Waals surface area contributed by atoms with Gasteiger partial charge in [0.2, 0.25) is 0 Å². The zero-order valence-corrected chi connectivity index (χ0v) is 8.49. The third-order valence-electron chi connectivity index (χ3n) is 2.18. The highest BCUT2D eigenvalue weighted by Crippen LogP contribution is 2.31. The van der Waals surface area contributed by atoms with Crippen molar-refractivity contribution in [3.63, 3.8) is 0 Å². The molecule has 0 unspecified atom stereocenters. The van der Waals surface area contributed by atoms with Crippen molar-refractivity contribution >= 4 is 5.69 Å². The van der Waals surface area contributed by atoms with E-state index in [0.717, 1.165) is 18.1 Å². The van der Waals surface area contributed by atoms with E-state index in [2.05, 4.69) is 5.43 Å². The van der Waals surface area contributed by atoms with Crippen molar-refractivity contribution in [3.05, 3.63) is 28.8 Å². The Morgan fingerprint density at radius 3 is 1.93 bits per heavy atom. The fraction of sp³-hybridized carbons (Fsp3) is 0.400. The zero-order valence-electron chi connectivity index (χ0n) is 8.49. The maximum atomic E-state index is 13.0. The predicted octanol–water partition coefficient (Wildman–Crippen LogP) is 2.70. The van der Waals surface area contributed by atoms with Gasteiger partial charge in [0.1, 0.15) is 0 Å². The van der Waals surface area contributed by atoms with Gasteiger partial charge in [-0.25, -0.2) is 8.78 Å². The standard InChI is InChI=1S/C10H14F2N2/c1-6-4-8(10(3,11)12)5-7(2)9(6)14-13/h4-5,14H,13H2,1-3H3. The van der Waals surface area contributed by atoms with Gasteiger partial charge in [-0.3, -0.25) is 5.84 Å². The third kappa shape index (κ3) is 2.01. The van der Waals surface area contributed by atoms with Crippen molar-refractivity contribution in [2.24, 2.45) is 5.84 Å². The molecule has 0 aliphatic rings. The molecule has 0 spiro atoms. The monoisotopic (exact) mass is 200 g/mol. The highest BCUT2D eigenvalue weighted by molar-refractivity contribution is 5.57. The molecule has 0 saturated heterocycles. The van der Waals surface area contributed by atoms with Crippen molar-refractivity contribution in [2.75, 3.05) is 5.43 Å². The number of halogens is 2. The number of alkyl halides is 2. The van der Waals surface area contributed by atoms with E-state index in [4.69, 9.17) is 5.84 Å². The van der Waals surface area contributed by atoms with Gasteiger partial charge < -0.3 is 5.43 Å². The van der Waals surface area contributed by atoms with Gasteiger partial charge in [-0.05, 0) is 37.1 Å². The van der Waals surface area contributed by atoms with Crippen LogP contribution in [-0.4, -0.2) is 0 Å². The summed E-state index contributed by atoms with van der Waals surface area (Å²) in [6, 6.07) is 2.89. The molecule has 1 aromatic rings. The van der Waals surface area contributed by atoms with E-state index >= 15 is 0 Å². The maximum absolute atomic E-state index is 13.0. The van der Waals surface area contributed by atoms with Gasteiger partial charge >= 0.3 is 0 Å². The molecule has 0 atom stereocenters. The summed E-state index contributed by atoms with van der Waals surface area (Å²) in [6.45, 7) is 4.38. The van der Waals surface area contributed by atoms with Gasteiger partial charge in [-0.2, -0.15) is 0 Å². The molecule has 0 radical (unpaired) electrons. The van der Waals surface area contributed by atoms with Crippen LogP contribution in [0.15, 0.2) is 12.1 Å². The van der Waals surface area contributed by atoms with Crippen molar-refractivity contribution in [3.8, 4) is 0 Å². The Kier molecular flexibility index (Phi) is 2.76. The second kappa shape index (κ2) is 3.53. The lowest BCUT2D eigenvalue weighted by molar-refractivity contribution is 0.0174. The highest BCUT2D eigenvalue weighted by atomic mass is 19.3. The highest BCUT2D eigenvalue weighted by Gasteiger charge is 2.25. The molecule has 0 amide bonds. The maximum Gasteiger partial charge on any atom is 0.270 e. The molecule has 0 fully saturated rings. The largest absolute Gasteiger partial charge is 0.324 e. The fourth-order valence-corrected chi connectivity index (χ4v) is 1.44. The summed E-state index contributed by atoms with van der Waals surface area (Å²) in [5.74, 6) is 2.47. The normalized spacial score (nSPS) is 11.6. The minimum atomic E-state index is -2.80. The molecule has 78 valence electrons. The van der Waals surface area contributed by atoms with E-state index in [1.54, 1.807) is 13.8 Å². The zero-order chi connectivity index (χ0) is 10.9. The molecule has 0 heterocycles. The summed E-state index contributed by atoms with van der Waals surface area (Å²) in [4.78, 5) is 0. The number of rotatable bonds is 2. The van der Waals surface area contributed by atoms with Gasteiger partial charge in [0.25, 0.3) is 5.92 Å². The predicted molar refractivity (Wildman–Crippen MR) is 53.3 cm³/mol. The third-order valence-corrected chi connectivity index (χ3v) is 2.18. The van der Waals surface area contributed by atoms with Crippen LogP contribution in [0.2, 0.25) is 0 Å². The first-order valence-corrected chi connectivity index (χ1v) is 4.32. The van der Waals surface area contributed by atoms with Gasteiger partial charge in [0.05, 0.1) is 5.69 Å². The number of hydrazine groups is 1. The van der Waals surface area contributed by atoms with Gasteiger partial charge in [-0.1, -0.05) is 0 Å². The Labute approximate surface area is 82.1 Å². The molecule has 0 aliphatic heterocycles. The first-order chi connectivity index (χ1) is 6.36. The Morgan fingerprint density at radius 2 is 1.64 bits per heavy atom. The number of anilines is 1. The number of hydrogen-bond donors (Lipinski definition) is 2. The summed E-state index contributed by atoms with van der Waals surface area (Å²) < 4.78 is 26.0. The summed E-state index contributed by atoms with van der Waals surface area (Å²) in [5.41, 5.74) is 4.68. The second-order valence-electron chi connectivity index (χ2n) is 3.52. The lowest BCUT2D eigenvalue weighted by atomic mass is 10.0.